The van der Waals surface area contributed by atoms with E-state index in [9.17, 15) is 4.79 Å². The van der Waals surface area contributed by atoms with Crippen molar-refractivity contribution in [3.05, 3.63) is 65.7 Å². The first kappa shape index (κ1) is 13.3. The largest absolute Gasteiger partial charge is 0.322 e. The SMILES string of the molecule is CN(C(=O)CN)c1ccccc1Cc1ccccc1. The Morgan fingerprint density at radius 1 is 1.05 bits per heavy atom. The van der Waals surface area contributed by atoms with E-state index in [1.807, 2.05) is 42.5 Å². The molecule has 0 saturated heterocycles. The monoisotopic (exact) mass is 254 g/mol. The van der Waals surface area contributed by atoms with Gasteiger partial charge in [0.05, 0.1) is 6.54 Å². The second-order valence-corrected chi connectivity index (χ2v) is 4.45. The van der Waals surface area contributed by atoms with Crippen LogP contribution in [-0.2, 0) is 11.2 Å². The predicted octanol–water partition coefficient (Wildman–Crippen LogP) is 2.20. The minimum atomic E-state index is -0.0829. The number of nitrogens with zero attached hydrogens (tertiary/aromatic N) is 1. The molecule has 0 saturated carbocycles. The van der Waals surface area contributed by atoms with Crippen molar-refractivity contribution in [1.29, 1.82) is 0 Å². The topological polar surface area (TPSA) is 46.3 Å². The van der Waals surface area contributed by atoms with Crippen LogP contribution in [0.15, 0.2) is 54.6 Å². The zero-order chi connectivity index (χ0) is 13.7. The minimum absolute atomic E-state index is 0.0240. The second-order valence-electron chi connectivity index (χ2n) is 4.45. The number of hydrogen-bond donors (Lipinski definition) is 1. The molecule has 0 aliphatic heterocycles. The quantitative estimate of drug-likeness (QED) is 0.909. The highest BCUT2D eigenvalue weighted by atomic mass is 16.2. The molecule has 3 heteroatoms. The predicted molar refractivity (Wildman–Crippen MR) is 78.2 cm³/mol. The van der Waals surface area contributed by atoms with E-state index in [1.54, 1.807) is 11.9 Å². The van der Waals surface area contributed by atoms with Gasteiger partial charge in [0.2, 0.25) is 5.91 Å². The van der Waals surface area contributed by atoms with Crippen molar-refractivity contribution >= 4 is 11.6 Å². The fourth-order valence-electron chi connectivity index (χ4n) is 2.07. The van der Waals surface area contributed by atoms with Gasteiger partial charge in [-0.3, -0.25) is 4.79 Å². The summed E-state index contributed by atoms with van der Waals surface area (Å²) >= 11 is 0. The van der Waals surface area contributed by atoms with Gasteiger partial charge >= 0.3 is 0 Å². The lowest BCUT2D eigenvalue weighted by Gasteiger charge is -2.20. The number of rotatable bonds is 4. The molecule has 3 nitrogen and oxygen atoms in total. The standard InChI is InChI=1S/C16H18N2O/c1-18(16(19)12-17)15-10-6-5-9-14(15)11-13-7-3-2-4-8-13/h2-10H,11-12,17H2,1H3. The van der Waals surface area contributed by atoms with Crippen LogP contribution in [0.5, 0.6) is 0 Å². The van der Waals surface area contributed by atoms with E-state index in [1.165, 1.54) is 5.56 Å². The summed E-state index contributed by atoms with van der Waals surface area (Å²) in [5, 5.41) is 0. The molecule has 1 amide bonds. The van der Waals surface area contributed by atoms with E-state index in [4.69, 9.17) is 5.73 Å². The summed E-state index contributed by atoms with van der Waals surface area (Å²) in [6.45, 7) is 0.0240. The normalized spacial score (nSPS) is 10.2. The fraction of sp³-hybridized carbons (Fsp3) is 0.188. The molecule has 0 heterocycles. The third-order valence-electron chi connectivity index (χ3n) is 3.14. The molecule has 19 heavy (non-hydrogen) atoms. The Morgan fingerprint density at radius 2 is 1.68 bits per heavy atom. The Balaban J connectivity index is 2.29. The molecule has 0 spiro atoms. The van der Waals surface area contributed by atoms with Gasteiger partial charge in [-0.1, -0.05) is 48.5 Å². The molecule has 2 rings (SSSR count). The first-order chi connectivity index (χ1) is 9.22. The number of carbonyl (C=O) groups is 1. The highest BCUT2D eigenvalue weighted by molar-refractivity contribution is 5.94. The Morgan fingerprint density at radius 3 is 2.37 bits per heavy atom. The second kappa shape index (κ2) is 6.16. The van der Waals surface area contributed by atoms with Gasteiger partial charge in [0.15, 0.2) is 0 Å². The lowest BCUT2D eigenvalue weighted by molar-refractivity contribution is -0.117. The van der Waals surface area contributed by atoms with Gasteiger partial charge in [-0.2, -0.15) is 0 Å². The van der Waals surface area contributed by atoms with Crippen molar-refractivity contribution < 1.29 is 4.79 Å². The van der Waals surface area contributed by atoms with Crippen LogP contribution in [0.3, 0.4) is 0 Å². The Bertz CT molecular complexity index is 552. The number of anilines is 1. The molecular weight excluding hydrogens is 236 g/mol. The van der Waals surface area contributed by atoms with Crippen molar-refractivity contribution in [2.45, 2.75) is 6.42 Å². The number of hydrogen-bond acceptors (Lipinski definition) is 2. The minimum Gasteiger partial charge on any atom is -0.322 e. The summed E-state index contributed by atoms with van der Waals surface area (Å²) in [5.74, 6) is -0.0829. The van der Waals surface area contributed by atoms with Crippen molar-refractivity contribution in [2.75, 3.05) is 18.5 Å². The average Bonchev–Trinajstić information content (AvgIpc) is 2.47. The van der Waals surface area contributed by atoms with Crippen molar-refractivity contribution in [3.8, 4) is 0 Å². The van der Waals surface area contributed by atoms with E-state index in [0.717, 1.165) is 17.7 Å². The van der Waals surface area contributed by atoms with Crippen LogP contribution in [0.4, 0.5) is 5.69 Å². The number of amides is 1. The molecule has 0 aliphatic carbocycles. The first-order valence-corrected chi connectivity index (χ1v) is 6.31. The number of carbonyl (C=O) groups excluding carboxylic acids is 1. The van der Waals surface area contributed by atoms with Gasteiger partial charge in [0.25, 0.3) is 0 Å². The van der Waals surface area contributed by atoms with Crippen LogP contribution < -0.4 is 10.6 Å². The zero-order valence-electron chi connectivity index (χ0n) is 11.0. The maximum absolute atomic E-state index is 11.7. The third kappa shape index (κ3) is 3.20. The molecule has 2 aromatic carbocycles. The zero-order valence-corrected chi connectivity index (χ0v) is 11.0. The van der Waals surface area contributed by atoms with Crippen molar-refractivity contribution in [1.82, 2.24) is 0 Å². The first-order valence-electron chi connectivity index (χ1n) is 6.31. The maximum atomic E-state index is 11.7. The van der Waals surface area contributed by atoms with Crippen LogP contribution in [0.1, 0.15) is 11.1 Å². The molecule has 0 radical (unpaired) electrons. The van der Waals surface area contributed by atoms with Crippen molar-refractivity contribution in [2.24, 2.45) is 5.73 Å². The molecule has 0 bridgehead atoms. The van der Waals surface area contributed by atoms with Gasteiger partial charge in [0, 0.05) is 12.7 Å². The molecule has 2 N–H and O–H groups in total. The van der Waals surface area contributed by atoms with E-state index >= 15 is 0 Å². The van der Waals surface area contributed by atoms with Crippen LogP contribution in [-0.4, -0.2) is 19.5 Å². The molecule has 2 aromatic rings. The van der Waals surface area contributed by atoms with Gasteiger partial charge in [0.1, 0.15) is 0 Å². The third-order valence-corrected chi connectivity index (χ3v) is 3.14. The van der Waals surface area contributed by atoms with E-state index < -0.39 is 0 Å². The molecule has 0 aliphatic rings. The number of nitrogens with two attached hydrogens (primary N) is 1. The van der Waals surface area contributed by atoms with E-state index in [-0.39, 0.29) is 12.5 Å². The van der Waals surface area contributed by atoms with Crippen molar-refractivity contribution in [3.63, 3.8) is 0 Å². The smallest absolute Gasteiger partial charge is 0.240 e. The lowest BCUT2D eigenvalue weighted by Crippen LogP contribution is -2.33. The highest BCUT2D eigenvalue weighted by Crippen LogP contribution is 2.22. The van der Waals surface area contributed by atoms with E-state index in [0.29, 0.717) is 0 Å². The molecule has 0 atom stereocenters. The highest BCUT2D eigenvalue weighted by Gasteiger charge is 2.12. The number of para-hydroxylation sites is 1. The van der Waals surface area contributed by atoms with Crippen LogP contribution >= 0.6 is 0 Å². The van der Waals surface area contributed by atoms with Gasteiger partial charge in [-0.15, -0.1) is 0 Å². The number of benzene rings is 2. The molecule has 0 fully saturated rings. The fourth-order valence-corrected chi connectivity index (χ4v) is 2.07. The van der Waals surface area contributed by atoms with Crippen LogP contribution in [0.25, 0.3) is 0 Å². The Hall–Kier alpha value is -2.13. The Labute approximate surface area is 113 Å². The van der Waals surface area contributed by atoms with E-state index in [2.05, 4.69) is 12.1 Å². The summed E-state index contributed by atoms with van der Waals surface area (Å²) in [6.07, 6.45) is 0.805. The average molecular weight is 254 g/mol. The summed E-state index contributed by atoms with van der Waals surface area (Å²) < 4.78 is 0. The lowest BCUT2D eigenvalue weighted by atomic mass is 10.0. The summed E-state index contributed by atoms with van der Waals surface area (Å²) in [5.41, 5.74) is 8.69. The molecule has 0 aromatic heterocycles. The summed E-state index contributed by atoms with van der Waals surface area (Å²) in [7, 11) is 1.76. The van der Waals surface area contributed by atoms with Crippen LogP contribution in [0, 0.1) is 0 Å². The maximum Gasteiger partial charge on any atom is 0.240 e. The van der Waals surface area contributed by atoms with Crippen LogP contribution in [0.2, 0.25) is 0 Å². The number of likely N-dealkylation sites (N-methyl/N-ethyl adjacent to an activating group) is 1. The molecule has 0 unspecified atom stereocenters. The Kier molecular flexibility index (Phi) is 4.31. The van der Waals surface area contributed by atoms with Gasteiger partial charge in [-0.05, 0) is 23.6 Å². The summed E-state index contributed by atoms with van der Waals surface area (Å²) in [4.78, 5) is 13.3. The van der Waals surface area contributed by atoms with Gasteiger partial charge in [-0.25, -0.2) is 0 Å². The summed E-state index contributed by atoms with van der Waals surface area (Å²) in [6, 6.07) is 18.1. The molecular formula is C16H18N2O. The van der Waals surface area contributed by atoms with Gasteiger partial charge < -0.3 is 10.6 Å². The molecule has 98 valence electrons.